The number of nitrogens with zero attached hydrogens (tertiary/aromatic N) is 1. The molecular weight excluding hydrogens is 266 g/mol. The van der Waals surface area contributed by atoms with E-state index in [-0.39, 0.29) is 5.91 Å². The van der Waals surface area contributed by atoms with E-state index in [4.69, 9.17) is 9.47 Å². The van der Waals surface area contributed by atoms with Crippen molar-refractivity contribution in [3.8, 4) is 11.5 Å². The molecule has 1 saturated carbocycles. The molecule has 1 unspecified atom stereocenters. The summed E-state index contributed by atoms with van der Waals surface area (Å²) in [6.45, 7) is 5.61. The molecule has 1 aromatic carbocycles. The molecule has 1 aliphatic carbocycles. The van der Waals surface area contributed by atoms with Crippen molar-refractivity contribution in [3.05, 3.63) is 24.3 Å². The van der Waals surface area contributed by atoms with Crippen LogP contribution >= 0.6 is 0 Å². The van der Waals surface area contributed by atoms with Gasteiger partial charge >= 0.3 is 0 Å². The minimum absolute atomic E-state index is 0.0829. The van der Waals surface area contributed by atoms with E-state index in [9.17, 15) is 4.79 Å². The summed E-state index contributed by atoms with van der Waals surface area (Å²) in [7, 11) is 1.63. The highest BCUT2D eigenvalue weighted by Crippen LogP contribution is 2.30. The molecule has 116 valence electrons. The van der Waals surface area contributed by atoms with Crippen molar-refractivity contribution in [2.75, 3.05) is 20.2 Å². The van der Waals surface area contributed by atoms with Gasteiger partial charge in [0.15, 0.2) is 6.10 Å². The Bertz CT molecular complexity index is 454. The van der Waals surface area contributed by atoms with Crippen LogP contribution < -0.4 is 9.47 Å². The van der Waals surface area contributed by atoms with Crippen molar-refractivity contribution < 1.29 is 14.3 Å². The number of rotatable bonds is 8. The average molecular weight is 291 g/mol. The third kappa shape index (κ3) is 4.66. The maximum atomic E-state index is 12.5. The van der Waals surface area contributed by atoms with Crippen molar-refractivity contribution in [2.45, 2.75) is 39.2 Å². The molecule has 0 saturated heterocycles. The molecule has 21 heavy (non-hydrogen) atoms. The van der Waals surface area contributed by atoms with Crippen LogP contribution in [-0.2, 0) is 4.79 Å². The van der Waals surface area contributed by atoms with Gasteiger partial charge in [0.1, 0.15) is 11.5 Å². The first-order valence-electron chi connectivity index (χ1n) is 7.73. The van der Waals surface area contributed by atoms with E-state index in [2.05, 4.69) is 6.92 Å². The molecule has 0 aliphatic heterocycles. The molecule has 1 fully saturated rings. The van der Waals surface area contributed by atoms with Crippen LogP contribution in [0.3, 0.4) is 0 Å². The highest BCUT2D eigenvalue weighted by Gasteiger charge is 2.29. The Labute approximate surface area is 127 Å². The molecule has 4 heteroatoms. The van der Waals surface area contributed by atoms with Gasteiger partial charge in [0, 0.05) is 13.1 Å². The summed E-state index contributed by atoms with van der Waals surface area (Å²) in [4.78, 5) is 14.5. The Morgan fingerprint density at radius 2 is 1.90 bits per heavy atom. The second-order valence-corrected chi connectivity index (χ2v) is 5.66. The summed E-state index contributed by atoms with van der Waals surface area (Å²) in [6, 6.07) is 7.32. The van der Waals surface area contributed by atoms with Crippen LogP contribution in [0.4, 0.5) is 0 Å². The van der Waals surface area contributed by atoms with Gasteiger partial charge in [-0.3, -0.25) is 4.79 Å². The molecule has 1 aromatic rings. The minimum atomic E-state index is -0.455. The van der Waals surface area contributed by atoms with E-state index >= 15 is 0 Å². The topological polar surface area (TPSA) is 38.8 Å². The number of hydrogen-bond acceptors (Lipinski definition) is 3. The van der Waals surface area contributed by atoms with E-state index in [1.807, 2.05) is 36.1 Å². The standard InChI is InChI=1S/C17H25NO3/c1-4-11-18(12-14-5-6-14)17(19)13(2)21-16-9-7-15(20-3)8-10-16/h7-10,13-14H,4-6,11-12H2,1-3H3. The largest absolute Gasteiger partial charge is 0.497 e. The second kappa shape index (κ2) is 7.34. The van der Waals surface area contributed by atoms with E-state index in [0.717, 1.165) is 25.3 Å². The summed E-state index contributed by atoms with van der Waals surface area (Å²) in [6.07, 6.45) is 3.03. The fraction of sp³-hybridized carbons (Fsp3) is 0.588. The first-order valence-corrected chi connectivity index (χ1v) is 7.73. The van der Waals surface area contributed by atoms with E-state index in [1.165, 1.54) is 12.8 Å². The zero-order valence-electron chi connectivity index (χ0n) is 13.2. The van der Waals surface area contributed by atoms with E-state index in [0.29, 0.717) is 11.7 Å². The number of carbonyl (C=O) groups is 1. The molecular formula is C17H25NO3. The minimum Gasteiger partial charge on any atom is -0.497 e. The van der Waals surface area contributed by atoms with E-state index < -0.39 is 6.10 Å². The number of hydrogen-bond donors (Lipinski definition) is 0. The van der Waals surface area contributed by atoms with Crippen molar-refractivity contribution in [1.82, 2.24) is 4.90 Å². The summed E-state index contributed by atoms with van der Waals surface area (Å²) >= 11 is 0. The molecule has 1 aliphatic rings. The summed E-state index contributed by atoms with van der Waals surface area (Å²) in [5.74, 6) is 2.26. The lowest BCUT2D eigenvalue weighted by molar-refractivity contribution is -0.138. The fourth-order valence-corrected chi connectivity index (χ4v) is 2.34. The molecule has 1 atom stereocenters. The Morgan fingerprint density at radius 1 is 1.29 bits per heavy atom. The highest BCUT2D eigenvalue weighted by atomic mass is 16.5. The number of benzene rings is 1. The fourth-order valence-electron chi connectivity index (χ4n) is 2.34. The Hall–Kier alpha value is -1.71. The second-order valence-electron chi connectivity index (χ2n) is 5.66. The van der Waals surface area contributed by atoms with Crippen LogP contribution in [0, 0.1) is 5.92 Å². The molecule has 0 radical (unpaired) electrons. The molecule has 0 bridgehead atoms. The van der Waals surface area contributed by atoms with Crippen LogP contribution in [0.5, 0.6) is 11.5 Å². The van der Waals surface area contributed by atoms with Crippen LogP contribution in [0.15, 0.2) is 24.3 Å². The smallest absolute Gasteiger partial charge is 0.263 e. The summed E-state index contributed by atoms with van der Waals surface area (Å²) in [5.41, 5.74) is 0. The molecule has 1 amide bonds. The quantitative estimate of drug-likeness (QED) is 0.738. The first kappa shape index (κ1) is 15.7. The van der Waals surface area contributed by atoms with Crippen molar-refractivity contribution >= 4 is 5.91 Å². The number of amides is 1. The third-order valence-corrected chi connectivity index (χ3v) is 3.70. The molecule has 0 heterocycles. The molecule has 0 N–H and O–H groups in total. The van der Waals surface area contributed by atoms with Gasteiger partial charge in [0.2, 0.25) is 0 Å². The third-order valence-electron chi connectivity index (χ3n) is 3.70. The average Bonchev–Trinajstić information content (AvgIpc) is 3.31. The first-order chi connectivity index (χ1) is 10.1. The maximum absolute atomic E-state index is 12.5. The molecule has 4 nitrogen and oxygen atoms in total. The lowest BCUT2D eigenvalue weighted by atomic mass is 10.2. The number of ether oxygens (including phenoxy) is 2. The number of carbonyl (C=O) groups excluding carboxylic acids is 1. The van der Waals surface area contributed by atoms with Gasteiger partial charge in [-0.25, -0.2) is 0 Å². The van der Waals surface area contributed by atoms with Gasteiger partial charge in [-0.15, -0.1) is 0 Å². The van der Waals surface area contributed by atoms with Gasteiger partial charge in [-0.2, -0.15) is 0 Å². The predicted molar refractivity (Wildman–Crippen MR) is 82.7 cm³/mol. The Morgan fingerprint density at radius 3 is 2.43 bits per heavy atom. The molecule has 0 aromatic heterocycles. The van der Waals surface area contributed by atoms with Crippen LogP contribution in [0.25, 0.3) is 0 Å². The summed E-state index contributed by atoms with van der Waals surface area (Å²) < 4.78 is 10.9. The van der Waals surface area contributed by atoms with E-state index in [1.54, 1.807) is 7.11 Å². The van der Waals surface area contributed by atoms with Crippen LogP contribution in [0.1, 0.15) is 33.1 Å². The van der Waals surface area contributed by atoms with Crippen LogP contribution in [0.2, 0.25) is 0 Å². The predicted octanol–water partition coefficient (Wildman–Crippen LogP) is 3.11. The van der Waals surface area contributed by atoms with Crippen molar-refractivity contribution in [3.63, 3.8) is 0 Å². The highest BCUT2D eigenvalue weighted by molar-refractivity contribution is 5.81. The number of methoxy groups -OCH3 is 1. The van der Waals surface area contributed by atoms with Gasteiger partial charge in [-0.1, -0.05) is 6.92 Å². The SMILES string of the molecule is CCCN(CC1CC1)C(=O)C(C)Oc1ccc(OC)cc1. The zero-order chi connectivity index (χ0) is 15.2. The lowest BCUT2D eigenvalue weighted by Crippen LogP contribution is -2.42. The van der Waals surface area contributed by atoms with Gasteiger partial charge < -0.3 is 14.4 Å². The lowest BCUT2D eigenvalue weighted by Gasteiger charge is -2.25. The Kier molecular flexibility index (Phi) is 5.48. The van der Waals surface area contributed by atoms with Crippen LogP contribution in [-0.4, -0.2) is 37.1 Å². The molecule has 2 rings (SSSR count). The molecule has 0 spiro atoms. The van der Waals surface area contributed by atoms with Gasteiger partial charge in [0.25, 0.3) is 5.91 Å². The maximum Gasteiger partial charge on any atom is 0.263 e. The van der Waals surface area contributed by atoms with Gasteiger partial charge in [-0.05, 0) is 56.4 Å². The monoisotopic (exact) mass is 291 g/mol. The zero-order valence-corrected chi connectivity index (χ0v) is 13.2. The van der Waals surface area contributed by atoms with Crippen molar-refractivity contribution in [2.24, 2.45) is 5.92 Å². The normalized spacial score (nSPS) is 15.4. The van der Waals surface area contributed by atoms with Crippen molar-refractivity contribution in [1.29, 1.82) is 0 Å². The Balaban J connectivity index is 1.92. The van der Waals surface area contributed by atoms with Gasteiger partial charge in [0.05, 0.1) is 7.11 Å². The summed E-state index contributed by atoms with van der Waals surface area (Å²) in [5, 5.41) is 0.